The second-order valence-electron chi connectivity index (χ2n) is 2.79. The van der Waals surface area contributed by atoms with Crippen molar-refractivity contribution in [3.05, 3.63) is 40.8 Å². The maximum absolute atomic E-state index is 11.0. The van der Waals surface area contributed by atoms with Crippen LogP contribution in [0.1, 0.15) is 0 Å². The first-order chi connectivity index (χ1) is 6.29. The van der Waals surface area contributed by atoms with E-state index in [1.54, 1.807) is 19.4 Å². The highest BCUT2D eigenvalue weighted by Crippen LogP contribution is 2.17. The minimum atomic E-state index is -0.0965. The van der Waals surface area contributed by atoms with Crippen LogP contribution in [0.4, 0.5) is 0 Å². The van der Waals surface area contributed by atoms with Crippen molar-refractivity contribution in [2.45, 2.75) is 0 Å². The number of hydrogen-bond acceptors (Lipinski definition) is 2. The number of nitrogens with one attached hydrogen (secondary N) is 1. The molecule has 1 aromatic heterocycles. The Labute approximate surface area is 75.0 Å². The zero-order chi connectivity index (χ0) is 9.26. The quantitative estimate of drug-likeness (QED) is 0.714. The smallest absolute Gasteiger partial charge is 0.248 e. The van der Waals surface area contributed by atoms with Crippen molar-refractivity contribution >= 4 is 10.8 Å². The first kappa shape index (κ1) is 7.86. The number of rotatable bonds is 1. The van der Waals surface area contributed by atoms with Crippen LogP contribution in [-0.4, -0.2) is 12.1 Å². The van der Waals surface area contributed by atoms with Gasteiger partial charge in [0.15, 0.2) is 0 Å². The summed E-state index contributed by atoms with van der Waals surface area (Å²) in [5.74, 6) is 0.762. The molecule has 0 amide bonds. The third-order valence-corrected chi connectivity index (χ3v) is 1.95. The molecular formula is C10H9NO2. The van der Waals surface area contributed by atoms with Gasteiger partial charge >= 0.3 is 0 Å². The lowest BCUT2D eigenvalue weighted by Crippen LogP contribution is -2.01. The standard InChI is InChI=1S/C10H9NO2/c1-13-9-3-2-7-6-11-10(12)5-8(7)4-9/h2-6H,1H3,(H,11,12). The topological polar surface area (TPSA) is 42.1 Å². The first-order valence-corrected chi connectivity index (χ1v) is 3.96. The van der Waals surface area contributed by atoms with E-state index in [2.05, 4.69) is 4.98 Å². The average Bonchev–Trinajstić information content (AvgIpc) is 2.16. The van der Waals surface area contributed by atoms with Crippen LogP contribution in [0.25, 0.3) is 10.8 Å². The second kappa shape index (κ2) is 2.94. The van der Waals surface area contributed by atoms with E-state index < -0.39 is 0 Å². The number of pyridine rings is 1. The molecule has 0 aliphatic carbocycles. The van der Waals surface area contributed by atoms with Gasteiger partial charge in [-0.2, -0.15) is 0 Å². The largest absolute Gasteiger partial charge is 0.497 e. The molecule has 0 spiro atoms. The van der Waals surface area contributed by atoms with Crippen LogP contribution in [0.2, 0.25) is 0 Å². The van der Waals surface area contributed by atoms with Crippen LogP contribution in [0.3, 0.4) is 0 Å². The number of aromatic nitrogens is 1. The highest BCUT2D eigenvalue weighted by Gasteiger charge is 1.95. The van der Waals surface area contributed by atoms with E-state index in [0.717, 1.165) is 16.5 Å². The van der Waals surface area contributed by atoms with Crippen molar-refractivity contribution in [3.8, 4) is 5.75 Å². The Morgan fingerprint density at radius 1 is 1.23 bits per heavy atom. The zero-order valence-electron chi connectivity index (χ0n) is 7.20. The van der Waals surface area contributed by atoms with Gasteiger partial charge in [0, 0.05) is 12.3 Å². The molecule has 0 radical (unpaired) electrons. The Bertz CT molecular complexity index is 487. The van der Waals surface area contributed by atoms with E-state index in [1.807, 2.05) is 18.2 Å². The summed E-state index contributed by atoms with van der Waals surface area (Å²) in [5.41, 5.74) is -0.0965. The highest BCUT2D eigenvalue weighted by molar-refractivity contribution is 5.82. The molecule has 2 aromatic rings. The van der Waals surface area contributed by atoms with Gasteiger partial charge in [-0.05, 0) is 29.0 Å². The molecule has 0 unspecified atom stereocenters. The van der Waals surface area contributed by atoms with Gasteiger partial charge in [0.05, 0.1) is 7.11 Å². The fourth-order valence-corrected chi connectivity index (χ4v) is 1.27. The van der Waals surface area contributed by atoms with E-state index in [9.17, 15) is 4.79 Å². The molecule has 3 nitrogen and oxygen atoms in total. The maximum Gasteiger partial charge on any atom is 0.248 e. The number of aromatic amines is 1. The molecule has 0 aliphatic heterocycles. The first-order valence-electron chi connectivity index (χ1n) is 3.96. The molecule has 1 aromatic carbocycles. The molecule has 0 atom stereocenters. The van der Waals surface area contributed by atoms with Crippen molar-refractivity contribution in [1.82, 2.24) is 4.98 Å². The van der Waals surface area contributed by atoms with Gasteiger partial charge < -0.3 is 9.72 Å². The number of ether oxygens (including phenoxy) is 1. The molecule has 0 saturated heterocycles. The molecule has 3 heteroatoms. The fraction of sp³-hybridized carbons (Fsp3) is 0.100. The number of hydrogen-bond donors (Lipinski definition) is 1. The summed E-state index contributed by atoms with van der Waals surface area (Å²) in [6.07, 6.45) is 1.69. The van der Waals surface area contributed by atoms with Crippen LogP contribution in [0, 0.1) is 0 Å². The normalized spacial score (nSPS) is 10.2. The average molecular weight is 175 g/mol. The van der Waals surface area contributed by atoms with E-state index >= 15 is 0 Å². The Balaban J connectivity index is 2.75. The predicted octanol–water partition coefficient (Wildman–Crippen LogP) is 1.54. The zero-order valence-corrected chi connectivity index (χ0v) is 7.20. The van der Waals surface area contributed by atoms with E-state index in [4.69, 9.17) is 4.74 Å². The molecule has 1 N–H and O–H groups in total. The Kier molecular flexibility index (Phi) is 1.77. The second-order valence-corrected chi connectivity index (χ2v) is 2.79. The van der Waals surface area contributed by atoms with Crippen LogP contribution >= 0.6 is 0 Å². The van der Waals surface area contributed by atoms with Crippen molar-refractivity contribution in [2.75, 3.05) is 7.11 Å². The number of benzene rings is 1. The number of H-pyrrole nitrogens is 1. The SMILES string of the molecule is COc1ccc2c[nH]c(=O)cc2c1. The molecule has 0 fully saturated rings. The monoisotopic (exact) mass is 175 g/mol. The van der Waals surface area contributed by atoms with Gasteiger partial charge in [-0.15, -0.1) is 0 Å². The predicted molar refractivity (Wildman–Crippen MR) is 51.1 cm³/mol. The van der Waals surface area contributed by atoms with Crippen LogP contribution < -0.4 is 10.3 Å². The molecule has 1 heterocycles. The Morgan fingerprint density at radius 2 is 2.08 bits per heavy atom. The maximum atomic E-state index is 11.0. The highest BCUT2D eigenvalue weighted by atomic mass is 16.5. The van der Waals surface area contributed by atoms with Crippen molar-refractivity contribution in [1.29, 1.82) is 0 Å². The molecule has 66 valence electrons. The minimum Gasteiger partial charge on any atom is -0.497 e. The van der Waals surface area contributed by atoms with E-state index in [1.165, 1.54) is 0 Å². The van der Waals surface area contributed by atoms with Crippen molar-refractivity contribution in [3.63, 3.8) is 0 Å². The Hall–Kier alpha value is -1.77. The van der Waals surface area contributed by atoms with E-state index in [-0.39, 0.29) is 5.56 Å². The van der Waals surface area contributed by atoms with Crippen molar-refractivity contribution in [2.24, 2.45) is 0 Å². The lowest BCUT2D eigenvalue weighted by Gasteiger charge is -2.00. The summed E-state index contributed by atoms with van der Waals surface area (Å²) in [4.78, 5) is 13.6. The molecule has 0 aliphatic rings. The lowest BCUT2D eigenvalue weighted by atomic mass is 10.2. The van der Waals surface area contributed by atoms with Gasteiger partial charge in [0.25, 0.3) is 0 Å². The fourth-order valence-electron chi connectivity index (χ4n) is 1.27. The third kappa shape index (κ3) is 1.40. The molecular weight excluding hydrogens is 166 g/mol. The van der Waals surface area contributed by atoms with Crippen LogP contribution in [0.5, 0.6) is 5.75 Å². The third-order valence-electron chi connectivity index (χ3n) is 1.95. The van der Waals surface area contributed by atoms with Crippen LogP contribution in [-0.2, 0) is 0 Å². The summed E-state index contributed by atoms with van der Waals surface area (Å²) >= 11 is 0. The van der Waals surface area contributed by atoms with E-state index in [0.29, 0.717) is 0 Å². The van der Waals surface area contributed by atoms with Gasteiger partial charge in [0.1, 0.15) is 5.75 Å². The summed E-state index contributed by atoms with van der Waals surface area (Å²) in [7, 11) is 1.61. The van der Waals surface area contributed by atoms with Gasteiger partial charge in [-0.1, -0.05) is 0 Å². The molecule has 13 heavy (non-hydrogen) atoms. The number of methoxy groups -OCH3 is 1. The summed E-state index contributed by atoms with van der Waals surface area (Å²) < 4.78 is 5.05. The number of fused-ring (bicyclic) bond motifs is 1. The molecule has 0 bridgehead atoms. The lowest BCUT2D eigenvalue weighted by molar-refractivity contribution is 0.415. The summed E-state index contributed by atoms with van der Waals surface area (Å²) in [5, 5.41) is 1.89. The molecule has 0 saturated carbocycles. The van der Waals surface area contributed by atoms with Crippen LogP contribution in [0.15, 0.2) is 35.3 Å². The van der Waals surface area contributed by atoms with Gasteiger partial charge in [-0.3, -0.25) is 4.79 Å². The van der Waals surface area contributed by atoms with Gasteiger partial charge in [-0.25, -0.2) is 0 Å². The summed E-state index contributed by atoms with van der Waals surface area (Å²) in [6, 6.07) is 7.16. The summed E-state index contributed by atoms with van der Waals surface area (Å²) in [6.45, 7) is 0. The van der Waals surface area contributed by atoms with Crippen molar-refractivity contribution < 1.29 is 4.74 Å². The minimum absolute atomic E-state index is 0.0965. The molecule has 2 rings (SSSR count). The Morgan fingerprint density at radius 3 is 2.85 bits per heavy atom. The van der Waals surface area contributed by atoms with Gasteiger partial charge in [0.2, 0.25) is 5.56 Å².